The topological polar surface area (TPSA) is 84.9 Å². The van der Waals surface area contributed by atoms with Gasteiger partial charge in [0.1, 0.15) is 5.54 Å². The van der Waals surface area contributed by atoms with Gasteiger partial charge in [0.05, 0.1) is 19.8 Å². The van der Waals surface area contributed by atoms with Crippen molar-refractivity contribution in [3.63, 3.8) is 0 Å². The third-order valence-corrected chi connectivity index (χ3v) is 4.12. The molecule has 0 bridgehead atoms. The highest BCUT2D eigenvalue weighted by Crippen LogP contribution is 2.37. The average molecular weight is 391 g/mol. The van der Waals surface area contributed by atoms with Crippen LogP contribution in [-0.2, 0) is 4.79 Å². The summed E-state index contributed by atoms with van der Waals surface area (Å²) in [7, 11) is 2.99. The van der Waals surface area contributed by atoms with Gasteiger partial charge in [0, 0.05) is 3.57 Å². The van der Waals surface area contributed by atoms with Gasteiger partial charge in [-0.3, -0.25) is 4.79 Å². The van der Waals surface area contributed by atoms with Gasteiger partial charge in [-0.05, 0) is 47.6 Å². The fourth-order valence-electron chi connectivity index (χ4n) is 1.83. The molecule has 0 atom stereocenters. The van der Waals surface area contributed by atoms with E-state index in [1.807, 2.05) is 22.6 Å². The molecular formula is C13H14INO5. The first-order valence-electron chi connectivity index (χ1n) is 5.91. The van der Waals surface area contributed by atoms with Crippen LogP contribution in [0.3, 0.4) is 0 Å². The van der Waals surface area contributed by atoms with Gasteiger partial charge in [0.15, 0.2) is 11.5 Å². The second-order valence-electron chi connectivity index (χ2n) is 4.53. The summed E-state index contributed by atoms with van der Waals surface area (Å²) in [4.78, 5) is 23.3. The molecule has 1 aliphatic rings. The molecule has 0 aliphatic heterocycles. The van der Waals surface area contributed by atoms with Crippen LogP contribution >= 0.6 is 22.6 Å². The van der Waals surface area contributed by atoms with Gasteiger partial charge >= 0.3 is 5.97 Å². The summed E-state index contributed by atoms with van der Waals surface area (Å²) >= 11 is 2.00. The molecule has 1 amide bonds. The fraction of sp³-hybridized carbons (Fsp3) is 0.385. The molecule has 0 saturated heterocycles. The Morgan fingerprint density at radius 3 is 2.25 bits per heavy atom. The van der Waals surface area contributed by atoms with E-state index in [2.05, 4.69) is 5.32 Å². The molecule has 1 aromatic carbocycles. The van der Waals surface area contributed by atoms with Gasteiger partial charge in [0.2, 0.25) is 0 Å². The van der Waals surface area contributed by atoms with Crippen LogP contribution in [0.25, 0.3) is 0 Å². The third-order valence-electron chi connectivity index (χ3n) is 3.23. The van der Waals surface area contributed by atoms with Crippen LogP contribution in [0.4, 0.5) is 0 Å². The molecule has 6 nitrogen and oxygen atoms in total. The maximum Gasteiger partial charge on any atom is 0.329 e. The SMILES string of the molecule is COc1cc(I)c(C(=O)NC2(C(=O)O)CC2)cc1OC. The van der Waals surface area contributed by atoms with Crippen molar-refractivity contribution < 1.29 is 24.2 Å². The summed E-state index contributed by atoms with van der Waals surface area (Å²) in [5.41, 5.74) is -0.733. The van der Waals surface area contributed by atoms with Gasteiger partial charge in [-0.2, -0.15) is 0 Å². The van der Waals surface area contributed by atoms with Crippen molar-refractivity contribution in [2.45, 2.75) is 18.4 Å². The number of carboxylic acid groups (broad SMARTS) is 1. The minimum absolute atomic E-state index is 0.371. The molecule has 0 aromatic heterocycles. The molecule has 0 spiro atoms. The van der Waals surface area contributed by atoms with Crippen LogP contribution in [0.2, 0.25) is 0 Å². The third kappa shape index (κ3) is 2.67. The van der Waals surface area contributed by atoms with E-state index in [1.54, 1.807) is 12.1 Å². The number of halogens is 1. The zero-order valence-corrected chi connectivity index (χ0v) is 13.2. The Bertz CT molecular complexity index is 568. The minimum atomic E-state index is -1.10. The number of benzene rings is 1. The van der Waals surface area contributed by atoms with Crippen molar-refractivity contribution in [2.24, 2.45) is 0 Å². The largest absolute Gasteiger partial charge is 0.493 e. The van der Waals surface area contributed by atoms with E-state index in [9.17, 15) is 9.59 Å². The van der Waals surface area contributed by atoms with Crippen molar-refractivity contribution in [1.82, 2.24) is 5.32 Å². The monoisotopic (exact) mass is 391 g/mol. The van der Waals surface area contributed by atoms with E-state index < -0.39 is 17.4 Å². The number of hydrogen-bond donors (Lipinski definition) is 2. The number of carbonyl (C=O) groups is 2. The first kappa shape index (κ1) is 14.9. The molecule has 0 unspecified atom stereocenters. The molecule has 1 aliphatic carbocycles. The van der Waals surface area contributed by atoms with Crippen LogP contribution in [0.1, 0.15) is 23.2 Å². The van der Waals surface area contributed by atoms with Gasteiger partial charge < -0.3 is 19.9 Å². The van der Waals surface area contributed by atoms with E-state index in [0.717, 1.165) is 0 Å². The Balaban J connectivity index is 2.28. The van der Waals surface area contributed by atoms with E-state index >= 15 is 0 Å². The average Bonchev–Trinajstić information content (AvgIpc) is 3.19. The zero-order chi connectivity index (χ0) is 14.9. The van der Waals surface area contributed by atoms with Gasteiger partial charge in [-0.25, -0.2) is 4.79 Å². The molecule has 20 heavy (non-hydrogen) atoms. The molecular weight excluding hydrogens is 377 g/mol. The number of ether oxygens (including phenoxy) is 2. The summed E-state index contributed by atoms with van der Waals surface area (Å²) < 4.78 is 11.0. The second kappa shape index (κ2) is 5.47. The van der Waals surface area contributed by atoms with E-state index in [0.29, 0.717) is 33.5 Å². The molecule has 2 N–H and O–H groups in total. The lowest BCUT2D eigenvalue weighted by atomic mass is 10.1. The standard InChI is InChI=1S/C13H14INO5/c1-19-9-5-7(8(14)6-10(9)20-2)11(16)15-13(3-4-13)12(17)18/h5-6H,3-4H2,1-2H3,(H,15,16)(H,17,18). The van der Waals surface area contributed by atoms with Crippen molar-refractivity contribution >= 4 is 34.5 Å². The molecule has 0 heterocycles. The molecule has 0 radical (unpaired) electrons. The highest BCUT2D eigenvalue weighted by Gasteiger charge is 2.51. The van der Waals surface area contributed by atoms with Gasteiger partial charge in [0.25, 0.3) is 5.91 Å². The maximum absolute atomic E-state index is 12.2. The zero-order valence-electron chi connectivity index (χ0n) is 11.0. The fourth-order valence-corrected chi connectivity index (χ4v) is 2.51. The van der Waals surface area contributed by atoms with Crippen LogP contribution in [0.15, 0.2) is 12.1 Å². The van der Waals surface area contributed by atoms with E-state index in [1.165, 1.54) is 14.2 Å². The van der Waals surface area contributed by atoms with E-state index in [4.69, 9.17) is 14.6 Å². The number of amides is 1. The van der Waals surface area contributed by atoms with Gasteiger partial charge in [-0.15, -0.1) is 0 Å². The number of methoxy groups -OCH3 is 2. The van der Waals surface area contributed by atoms with Crippen LogP contribution in [-0.4, -0.2) is 36.7 Å². The normalized spacial score (nSPS) is 15.3. The molecule has 1 fully saturated rings. The predicted molar refractivity (Wildman–Crippen MR) is 79.3 cm³/mol. The lowest BCUT2D eigenvalue weighted by molar-refractivity contribution is -0.140. The van der Waals surface area contributed by atoms with Gasteiger partial charge in [-0.1, -0.05) is 0 Å². The number of nitrogens with one attached hydrogen (secondary N) is 1. The quantitative estimate of drug-likeness (QED) is 0.746. The maximum atomic E-state index is 12.2. The first-order chi connectivity index (χ1) is 9.43. The smallest absolute Gasteiger partial charge is 0.329 e. The first-order valence-corrected chi connectivity index (χ1v) is 6.99. The summed E-state index contributed by atoms with van der Waals surface area (Å²) in [5.74, 6) is -0.470. The van der Waals surface area contributed by atoms with Crippen molar-refractivity contribution in [3.05, 3.63) is 21.3 Å². The molecule has 1 aromatic rings. The number of rotatable bonds is 5. The minimum Gasteiger partial charge on any atom is -0.493 e. The number of carboxylic acids is 1. The van der Waals surface area contributed by atoms with Crippen LogP contribution in [0, 0.1) is 3.57 Å². The summed E-state index contributed by atoms with van der Waals surface area (Å²) in [6, 6.07) is 3.22. The Hall–Kier alpha value is -1.51. The Kier molecular flexibility index (Phi) is 4.07. The number of hydrogen-bond acceptors (Lipinski definition) is 4. The Morgan fingerprint density at radius 2 is 1.80 bits per heavy atom. The van der Waals surface area contributed by atoms with E-state index in [-0.39, 0.29) is 0 Å². The highest BCUT2D eigenvalue weighted by atomic mass is 127. The van der Waals surface area contributed by atoms with Crippen molar-refractivity contribution in [3.8, 4) is 11.5 Å². The number of carbonyl (C=O) groups excluding carboxylic acids is 1. The molecule has 7 heteroatoms. The molecule has 2 rings (SSSR count). The highest BCUT2D eigenvalue weighted by molar-refractivity contribution is 14.1. The van der Waals surface area contributed by atoms with Crippen LogP contribution in [0.5, 0.6) is 11.5 Å². The Morgan fingerprint density at radius 1 is 1.25 bits per heavy atom. The second-order valence-corrected chi connectivity index (χ2v) is 5.69. The van der Waals surface area contributed by atoms with Crippen molar-refractivity contribution in [1.29, 1.82) is 0 Å². The number of aliphatic carboxylic acids is 1. The summed E-state index contributed by atoms with van der Waals surface area (Å²) in [6.07, 6.45) is 0.913. The lowest BCUT2D eigenvalue weighted by Gasteiger charge is -2.15. The summed E-state index contributed by atoms with van der Waals surface area (Å²) in [5, 5.41) is 11.7. The molecule has 1 saturated carbocycles. The Labute approximate surface area is 129 Å². The summed E-state index contributed by atoms with van der Waals surface area (Å²) in [6.45, 7) is 0. The van der Waals surface area contributed by atoms with Crippen molar-refractivity contribution in [2.75, 3.05) is 14.2 Å². The lowest BCUT2D eigenvalue weighted by Crippen LogP contribution is -2.43. The van der Waals surface area contributed by atoms with Crippen LogP contribution < -0.4 is 14.8 Å². The molecule has 108 valence electrons. The predicted octanol–water partition coefficient (Wildman–Crippen LogP) is 1.66.